The second-order valence-corrected chi connectivity index (χ2v) is 6.94. The third kappa shape index (κ3) is 2.90. The number of hydrogen-bond acceptors (Lipinski definition) is 4. The normalized spacial score (nSPS) is 25.2. The molecule has 3 atom stereocenters. The van der Waals surface area contributed by atoms with Crippen molar-refractivity contribution >= 4 is 5.91 Å². The number of aryl methyl sites for hydroxylation is 1. The van der Waals surface area contributed by atoms with Crippen LogP contribution >= 0.6 is 0 Å². The van der Waals surface area contributed by atoms with E-state index >= 15 is 0 Å². The molecule has 1 saturated heterocycles. The van der Waals surface area contributed by atoms with Gasteiger partial charge < -0.3 is 9.88 Å². The Bertz CT molecular complexity index is 831. The van der Waals surface area contributed by atoms with E-state index in [1.54, 1.807) is 11.1 Å². The first-order valence-corrected chi connectivity index (χ1v) is 8.60. The van der Waals surface area contributed by atoms with E-state index in [1.165, 1.54) is 5.56 Å². The van der Waals surface area contributed by atoms with Gasteiger partial charge in [0.1, 0.15) is 11.7 Å². The number of imidazole rings is 1. The highest BCUT2D eigenvalue weighted by atomic mass is 16.6. The molecule has 0 spiro atoms. The minimum Gasteiger partial charge on any atom is -0.340 e. The van der Waals surface area contributed by atoms with E-state index in [-0.39, 0.29) is 16.9 Å². The summed E-state index contributed by atoms with van der Waals surface area (Å²) in [5.41, 5.74) is 3.16. The molecule has 7 nitrogen and oxygen atoms in total. The highest BCUT2D eigenvalue weighted by Gasteiger charge is 2.55. The zero-order chi connectivity index (χ0) is 17.6. The standard InChI is InChI=1S/C18H20N4O3/c1-11-4-2-5-12(8-11)14-10-19-17(20-14)15-6-3-7-21(15)18(23)13-9-16(13)22(24)25/h2,4-5,8,10,13,15-16H,3,6-7,9H2,1H3,(H,19,20)/t13-,15+,16+/m1/s1. The van der Waals surface area contributed by atoms with Gasteiger partial charge in [-0.25, -0.2) is 4.98 Å². The fourth-order valence-corrected chi connectivity index (χ4v) is 3.67. The Balaban J connectivity index is 1.53. The predicted molar refractivity (Wildman–Crippen MR) is 91.3 cm³/mol. The largest absolute Gasteiger partial charge is 0.340 e. The van der Waals surface area contributed by atoms with Crippen LogP contribution in [0.2, 0.25) is 0 Å². The topological polar surface area (TPSA) is 92.1 Å². The van der Waals surface area contributed by atoms with Gasteiger partial charge in [0.25, 0.3) is 0 Å². The average molecular weight is 340 g/mol. The van der Waals surface area contributed by atoms with Crippen LogP contribution in [-0.2, 0) is 4.79 Å². The summed E-state index contributed by atoms with van der Waals surface area (Å²) < 4.78 is 0. The summed E-state index contributed by atoms with van der Waals surface area (Å²) in [6, 6.07) is 7.34. The molecule has 1 aliphatic heterocycles. The van der Waals surface area contributed by atoms with Gasteiger partial charge in [-0.1, -0.05) is 23.8 Å². The first-order chi connectivity index (χ1) is 12.0. The number of nitrogens with zero attached hydrogens (tertiary/aromatic N) is 3. The molecule has 2 aromatic rings. The molecule has 7 heteroatoms. The molecule has 0 unspecified atom stereocenters. The number of hydrogen-bond donors (Lipinski definition) is 1. The van der Waals surface area contributed by atoms with Gasteiger partial charge in [0.15, 0.2) is 0 Å². The van der Waals surface area contributed by atoms with Gasteiger partial charge in [-0.05, 0) is 31.4 Å². The number of carbonyl (C=O) groups excluding carboxylic acids is 1. The van der Waals surface area contributed by atoms with E-state index in [0.29, 0.717) is 13.0 Å². The van der Waals surface area contributed by atoms with Gasteiger partial charge in [0, 0.05) is 17.9 Å². The van der Waals surface area contributed by atoms with Crippen LogP contribution in [0.25, 0.3) is 11.3 Å². The number of aromatic amines is 1. The Morgan fingerprint density at radius 1 is 1.44 bits per heavy atom. The summed E-state index contributed by atoms with van der Waals surface area (Å²) in [7, 11) is 0. The van der Waals surface area contributed by atoms with Crippen LogP contribution in [0.5, 0.6) is 0 Å². The summed E-state index contributed by atoms with van der Waals surface area (Å²) in [5, 5.41) is 10.8. The van der Waals surface area contributed by atoms with Crippen LogP contribution in [0.3, 0.4) is 0 Å². The maximum absolute atomic E-state index is 12.6. The van der Waals surface area contributed by atoms with E-state index in [0.717, 1.165) is 29.9 Å². The molecular formula is C18H20N4O3. The zero-order valence-electron chi connectivity index (χ0n) is 14.0. The second kappa shape index (κ2) is 5.98. The maximum atomic E-state index is 12.6. The molecule has 25 heavy (non-hydrogen) atoms. The minimum atomic E-state index is -0.701. The van der Waals surface area contributed by atoms with Crippen LogP contribution in [0.1, 0.15) is 36.7 Å². The number of carbonyl (C=O) groups is 1. The van der Waals surface area contributed by atoms with Gasteiger partial charge in [0.2, 0.25) is 11.9 Å². The number of rotatable bonds is 4. The smallest absolute Gasteiger partial charge is 0.233 e. The van der Waals surface area contributed by atoms with Crippen molar-refractivity contribution < 1.29 is 9.72 Å². The molecule has 2 fully saturated rings. The summed E-state index contributed by atoms with van der Waals surface area (Å²) in [5.74, 6) is 0.208. The Morgan fingerprint density at radius 3 is 3.00 bits per heavy atom. The van der Waals surface area contributed by atoms with Crippen molar-refractivity contribution in [3.8, 4) is 11.3 Å². The Kier molecular flexibility index (Phi) is 3.78. The molecule has 1 saturated carbocycles. The molecule has 1 aromatic carbocycles. The maximum Gasteiger partial charge on any atom is 0.233 e. The summed E-state index contributed by atoms with van der Waals surface area (Å²) in [6.07, 6.45) is 3.89. The highest BCUT2D eigenvalue weighted by molar-refractivity contribution is 5.82. The summed E-state index contributed by atoms with van der Waals surface area (Å²) in [4.78, 5) is 32.7. The van der Waals surface area contributed by atoms with Crippen molar-refractivity contribution in [1.29, 1.82) is 0 Å². The third-order valence-electron chi connectivity index (χ3n) is 5.12. The van der Waals surface area contributed by atoms with E-state index in [4.69, 9.17) is 0 Å². The van der Waals surface area contributed by atoms with E-state index in [1.807, 2.05) is 25.1 Å². The van der Waals surface area contributed by atoms with Gasteiger partial charge in [-0.3, -0.25) is 14.9 Å². The van der Waals surface area contributed by atoms with Gasteiger partial charge in [0.05, 0.1) is 17.9 Å². The lowest BCUT2D eigenvalue weighted by atomic mass is 10.1. The molecule has 1 aliphatic carbocycles. The third-order valence-corrected chi connectivity index (χ3v) is 5.12. The van der Waals surface area contributed by atoms with Crippen LogP contribution in [-0.4, -0.2) is 38.3 Å². The van der Waals surface area contributed by atoms with Crippen molar-refractivity contribution in [3.63, 3.8) is 0 Å². The number of benzene rings is 1. The van der Waals surface area contributed by atoms with Crippen molar-refractivity contribution in [2.75, 3.05) is 6.54 Å². The Labute approximate surface area is 145 Å². The predicted octanol–water partition coefficient (Wildman–Crippen LogP) is 2.71. The van der Waals surface area contributed by atoms with E-state index < -0.39 is 12.0 Å². The van der Waals surface area contributed by atoms with Gasteiger partial charge in [-0.15, -0.1) is 0 Å². The van der Waals surface area contributed by atoms with Crippen LogP contribution in [0.4, 0.5) is 0 Å². The minimum absolute atomic E-state index is 0.0993. The van der Waals surface area contributed by atoms with Crippen LogP contribution in [0, 0.1) is 23.0 Å². The molecule has 1 amide bonds. The molecular weight excluding hydrogens is 320 g/mol. The quantitative estimate of drug-likeness (QED) is 0.684. The Hall–Kier alpha value is -2.70. The molecule has 2 heterocycles. The molecule has 1 N–H and O–H groups in total. The lowest BCUT2D eigenvalue weighted by Gasteiger charge is -2.22. The fourth-order valence-electron chi connectivity index (χ4n) is 3.67. The lowest BCUT2D eigenvalue weighted by molar-refractivity contribution is -0.497. The van der Waals surface area contributed by atoms with Gasteiger partial charge >= 0.3 is 0 Å². The zero-order valence-corrected chi connectivity index (χ0v) is 14.0. The SMILES string of the molecule is Cc1cccc(-c2cnc([C@@H]3CCCN3C(=O)[C@@H]3C[C@@H]3[N+](=O)[O-])[nH]2)c1. The Morgan fingerprint density at radius 2 is 2.28 bits per heavy atom. The molecule has 0 radical (unpaired) electrons. The molecule has 130 valence electrons. The van der Waals surface area contributed by atoms with E-state index in [9.17, 15) is 14.9 Å². The number of likely N-dealkylation sites (tertiary alicyclic amines) is 1. The van der Waals surface area contributed by atoms with Crippen molar-refractivity contribution in [2.45, 2.75) is 38.3 Å². The average Bonchev–Trinajstić information content (AvgIpc) is 3.02. The second-order valence-electron chi connectivity index (χ2n) is 6.94. The number of H-pyrrole nitrogens is 1. The summed E-state index contributed by atoms with van der Waals surface area (Å²) >= 11 is 0. The number of nitrogens with one attached hydrogen (secondary N) is 1. The first kappa shape index (κ1) is 15.8. The number of aromatic nitrogens is 2. The molecule has 0 bridgehead atoms. The number of amides is 1. The fraction of sp³-hybridized carbons (Fsp3) is 0.444. The first-order valence-electron chi connectivity index (χ1n) is 8.60. The van der Waals surface area contributed by atoms with Crippen molar-refractivity contribution in [1.82, 2.24) is 14.9 Å². The van der Waals surface area contributed by atoms with Gasteiger partial charge in [-0.2, -0.15) is 0 Å². The monoisotopic (exact) mass is 340 g/mol. The van der Waals surface area contributed by atoms with E-state index in [2.05, 4.69) is 16.0 Å². The van der Waals surface area contributed by atoms with Crippen molar-refractivity contribution in [2.24, 2.45) is 5.92 Å². The summed E-state index contributed by atoms with van der Waals surface area (Å²) in [6.45, 7) is 2.68. The van der Waals surface area contributed by atoms with Crippen LogP contribution in [0.15, 0.2) is 30.5 Å². The highest BCUT2D eigenvalue weighted by Crippen LogP contribution is 2.40. The number of nitro groups is 1. The van der Waals surface area contributed by atoms with Crippen LogP contribution < -0.4 is 0 Å². The lowest BCUT2D eigenvalue weighted by Crippen LogP contribution is -2.33. The molecule has 2 aliphatic rings. The van der Waals surface area contributed by atoms with Crippen molar-refractivity contribution in [3.05, 3.63) is 52.0 Å². The molecule has 4 rings (SSSR count). The molecule has 1 aromatic heterocycles.